The third-order valence-corrected chi connectivity index (χ3v) is 4.26. The normalized spacial score (nSPS) is 33.2. The second kappa shape index (κ2) is 5.36. The second-order valence-electron chi connectivity index (χ2n) is 5.50. The van der Waals surface area contributed by atoms with Gasteiger partial charge in [-0.15, -0.1) is 0 Å². The molecule has 0 aromatic rings. The lowest BCUT2D eigenvalue weighted by atomic mass is 9.92. The molecule has 0 aliphatic carbocycles. The highest BCUT2D eigenvalue weighted by Gasteiger charge is 2.33. The van der Waals surface area contributed by atoms with Crippen LogP contribution in [0.2, 0.25) is 0 Å². The Bertz CT molecular complexity index is 355. The van der Waals surface area contributed by atoms with E-state index >= 15 is 0 Å². The summed E-state index contributed by atoms with van der Waals surface area (Å²) >= 11 is 0. The van der Waals surface area contributed by atoms with E-state index in [1.54, 1.807) is 0 Å². The molecule has 18 heavy (non-hydrogen) atoms. The van der Waals surface area contributed by atoms with E-state index in [1.165, 1.54) is 6.42 Å². The predicted octanol–water partition coefficient (Wildman–Crippen LogP) is 0.205. The minimum atomic E-state index is 0.337. The largest absolute Gasteiger partial charge is 0.396 e. The van der Waals surface area contributed by atoms with Crippen molar-refractivity contribution in [2.24, 2.45) is 15.9 Å². The van der Waals surface area contributed by atoms with Crippen molar-refractivity contribution in [3.63, 3.8) is 0 Å². The van der Waals surface area contributed by atoms with E-state index in [4.69, 9.17) is 0 Å². The van der Waals surface area contributed by atoms with Gasteiger partial charge in [0.25, 0.3) is 0 Å². The van der Waals surface area contributed by atoms with Crippen LogP contribution in [0.3, 0.4) is 0 Å². The Labute approximate surface area is 108 Å². The van der Waals surface area contributed by atoms with Crippen LogP contribution in [0.15, 0.2) is 9.98 Å². The highest BCUT2D eigenvalue weighted by Crippen LogP contribution is 2.25. The first-order valence-corrected chi connectivity index (χ1v) is 7.03. The summed E-state index contributed by atoms with van der Waals surface area (Å²) in [5.74, 6) is 1.42. The molecule has 0 aromatic carbocycles. The molecule has 2 unspecified atom stereocenters. The van der Waals surface area contributed by atoms with Crippen LogP contribution in [0.4, 0.5) is 0 Å². The molecule has 0 saturated carbocycles. The van der Waals surface area contributed by atoms with E-state index in [-0.39, 0.29) is 0 Å². The number of guanidine groups is 1. The SMILES string of the molecule is OCC1CCC2CN(C3=NCCC=N3)CCN2C1. The van der Waals surface area contributed by atoms with E-state index in [1.807, 2.05) is 6.21 Å². The third-order valence-electron chi connectivity index (χ3n) is 4.26. The van der Waals surface area contributed by atoms with Crippen LogP contribution in [-0.4, -0.2) is 72.5 Å². The Kier molecular flexibility index (Phi) is 3.61. The van der Waals surface area contributed by atoms with Gasteiger partial charge in [-0.2, -0.15) is 0 Å². The van der Waals surface area contributed by atoms with Crippen molar-refractivity contribution in [3.8, 4) is 0 Å². The maximum Gasteiger partial charge on any atom is 0.220 e. The van der Waals surface area contributed by atoms with Gasteiger partial charge in [-0.3, -0.25) is 9.89 Å². The van der Waals surface area contributed by atoms with E-state index in [0.717, 1.165) is 51.5 Å². The van der Waals surface area contributed by atoms with E-state index in [9.17, 15) is 5.11 Å². The predicted molar refractivity (Wildman–Crippen MR) is 72.2 cm³/mol. The van der Waals surface area contributed by atoms with E-state index in [0.29, 0.717) is 18.6 Å². The first-order valence-electron chi connectivity index (χ1n) is 7.03. The molecule has 100 valence electrons. The molecule has 2 atom stereocenters. The van der Waals surface area contributed by atoms with Crippen molar-refractivity contribution >= 4 is 12.2 Å². The van der Waals surface area contributed by atoms with E-state index < -0.39 is 0 Å². The second-order valence-corrected chi connectivity index (χ2v) is 5.50. The van der Waals surface area contributed by atoms with Gasteiger partial charge in [0, 0.05) is 58.0 Å². The molecule has 0 amide bonds. The average molecular weight is 250 g/mol. The molecule has 3 rings (SSSR count). The highest BCUT2D eigenvalue weighted by molar-refractivity contribution is 5.89. The third kappa shape index (κ3) is 2.42. The summed E-state index contributed by atoms with van der Waals surface area (Å²) < 4.78 is 0. The number of aliphatic hydroxyl groups excluding tert-OH is 1. The van der Waals surface area contributed by atoms with Gasteiger partial charge in [-0.05, 0) is 18.8 Å². The molecular weight excluding hydrogens is 228 g/mol. The molecular formula is C13H22N4O. The van der Waals surface area contributed by atoms with Crippen molar-refractivity contribution in [1.29, 1.82) is 0 Å². The highest BCUT2D eigenvalue weighted by atomic mass is 16.3. The number of piperidine rings is 1. The summed E-state index contributed by atoms with van der Waals surface area (Å²) in [5.41, 5.74) is 0. The molecule has 2 saturated heterocycles. The number of hydrogen-bond donors (Lipinski definition) is 1. The molecule has 0 radical (unpaired) electrons. The minimum Gasteiger partial charge on any atom is -0.396 e. The number of rotatable bonds is 1. The zero-order chi connectivity index (χ0) is 12.4. The van der Waals surface area contributed by atoms with Crippen LogP contribution < -0.4 is 0 Å². The summed E-state index contributed by atoms with van der Waals surface area (Å²) in [6, 6.07) is 0.626. The van der Waals surface area contributed by atoms with Gasteiger partial charge in [0.2, 0.25) is 5.96 Å². The minimum absolute atomic E-state index is 0.337. The smallest absolute Gasteiger partial charge is 0.220 e. The van der Waals surface area contributed by atoms with Crippen LogP contribution in [0.1, 0.15) is 19.3 Å². The maximum absolute atomic E-state index is 9.26. The average Bonchev–Trinajstić information content (AvgIpc) is 2.47. The van der Waals surface area contributed by atoms with Crippen molar-refractivity contribution in [3.05, 3.63) is 0 Å². The number of aliphatic hydroxyl groups is 1. The molecule has 3 aliphatic rings. The summed E-state index contributed by atoms with van der Waals surface area (Å²) in [6.45, 7) is 5.43. The Morgan fingerprint density at radius 1 is 1.28 bits per heavy atom. The van der Waals surface area contributed by atoms with Crippen molar-refractivity contribution < 1.29 is 5.11 Å². The fourth-order valence-electron chi connectivity index (χ4n) is 3.18. The molecule has 0 spiro atoms. The fraction of sp³-hybridized carbons (Fsp3) is 0.846. The maximum atomic E-state index is 9.26. The van der Waals surface area contributed by atoms with Gasteiger partial charge in [0.05, 0.1) is 0 Å². The Hall–Kier alpha value is -0.940. The first-order chi connectivity index (χ1) is 8.86. The fourth-order valence-corrected chi connectivity index (χ4v) is 3.18. The lowest BCUT2D eigenvalue weighted by molar-refractivity contribution is 0.0348. The lowest BCUT2D eigenvalue weighted by Gasteiger charge is -2.46. The first kappa shape index (κ1) is 12.1. The summed E-state index contributed by atoms with van der Waals surface area (Å²) in [6.07, 6.45) is 5.31. The topological polar surface area (TPSA) is 51.4 Å². The number of piperazine rings is 1. The van der Waals surface area contributed by atoms with Crippen LogP contribution in [0.25, 0.3) is 0 Å². The summed E-state index contributed by atoms with van der Waals surface area (Å²) in [7, 11) is 0. The van der Waals surface area contributed by atoms with Gasteiger partial charge in [0.15, 0.2) is 0 Å². The Balaban J connectivity index is 1.61. The summed E-state index contributed by atoms with van der Waals surface area (Å²) in [4.78, 5) is 13.8. The van der Waals surface area contributed by atoms with Crippen LogP contribution in [-0.2, 0) is 0 Å². The molecule has 5 heteroatoms. The van der Waals surface area contributed by atoms with Crippen LogP contribution >= 0.6 is 0 Å². The van der Waals surface area contributed by atoms with Gasteiger partial charge >= 0.3 is 0 Å². The summed E-state index contributed by atoms with van der Waals surface area (Å²) in [5, 5.41) is 9.26. The standard InChI is InChI=1S/C13H22N4O/c18-10-11-2-3-12-9-17(7-6-16(12)8-11)13-14-4-1-5-15-13/h4,11-12,18H,1-3,5-10H2. The molecule has 1 N–H and O–H groups in total. The quantitative estimate of drug-likeness (QED) is 0.723. The van der Waals surface area contributed by atoms with Crippen molar-refractivity contribution in [2.45, 2.75) is 25.3 Å². The molecule has 3 aliphatic heterocycles. The zero-order valence-electron chi connectivity index (χ0n) is 10.8. The molecule has 0 bridgehead atoms. The monoisotopic (exact) mass is 250 g/mol. The lowest BCUT2D eigenvalue weighted by Crippen LogP contribution is -2.57. The zero-order valence-corrected chi connectivity index (χ0v) is 10.8. The number of hydrogen-bond acceptors (Lipinski definition) is 5. The molecule has 2 fully saturated rings. The Morgan fingerprint density at radius 2 is 2.22 bits per heavy atom. The van der Waals surface area contributed by atoms with Gasteiger partial charge < -0.3 is 10.0 Å². The van der Waals surface area contributed by atoms with Crippen LogP contribution in [0.5, 0.6) is 0 Å². The van der Waals surface area contributed by atoms with Crippen molar-refractivity contribution in [2.75, 3.05) is 39.3 Å². The Morgan fingerprint density at radius 3 is 3.00 bits per heavy atom. The van der Waals surface area contributed by atoms with Gasteiger partial charge in [0.1, 0.15) is 0 Å². The van der Waals surface area contributed by atoms with Crippen LogP contribution in [0, 0.1) is 5.92 Å². The van der Waals surface area contributed by atoms with Gasteiger partial charge in [-0.1, -0.05) is 0 Å². The molecule has 0 aromatic heterocycles. The number of nitrogens with zero attached hydrogens (tertiary/aromatic N) is 4. The van der Waals surface area contributed by atoms with Gasteiger partial charge in [-0.25, -0.2) is 4.99 Å². The number of fused-ring (bicyclic) bond motifs is 1. The van der Waals surface area contributed by atoms with E-state index in [2.05, 4.69) is 19.8 Å². The molecule has 5 nitrogen and oxygen atoms in total. The molecule has 3 heterocycles. The number of aliphatic imine (C=N–C) groups is 2. The van der Waals surface area contributed by atoms with Crippen molar-refractivity contribution in [1.82, 2.24) is 9.80 Å².